The molecule has 0 unspecified atom stereocenters. The van der Waals surface area contributed by atoms with Crippen molar-refractivity contribution in [3.05, 3.63) is 82.9 Å². The monoisotopic (exact) mass is 420 g/mol. The van der Waals surface area contributed by atoms with E-state index in [0.717, 1.165) is 30.8 Å². The summed E-state index contributed by atoms with van der Waals surface area (Å²) in [5, 5.41) is 8.48. The molecule has 1 amide bonds. The number of carbonyl (C=O) groups is 2. The van der Waals surface area contributed by atoms with Crippen LogP contribution < -0.4 is 5.48 Å². The molecule has 162 valence electrons. The number of ether oxygens (including phenoxy) is 1. The molecule has 6 heteroatoms. The molecule has 0 saturated carbocycles. The van der Waals surface area contributed by atoms with Gasteiger partial charge in [-0.1, -0.05) is 54.6 Å². The minimum Gasteiger partial charge on any atom is -0.373 e. The Hall–Kier alpha value is -3.06. The minimum atomic E-state index is -0.588. The molecule has 0 bridgehead atoms. The fraction of sp³-hybridized carbons (Fsp3) is 0.280. The third-order valence-electron chi connectivity index (χ3n) is 5.04. The molecule has 0 aromatic heterocycles. The Kier molecular flexibility index (Phi) is 7.89. The fourth-order valence-electron chi connectivity index (χ4n) is 3.64. The van der Waals surface area contributed by atoms with Crippen LogP contribution in [0.5, 0.6) is 0 Å². The molecular formula is C25H28N2O4. The molecular weight excluding hydrogens is 392 g/mol. The van der Waals surface area contributed by atoms with E-state index in [9.17, 15) is 9.59 Å². The first-order valence-corrected chi connectivity index (χ1v) is 10.3. The van der Waals surface area contributed by atoms with E-state index in [4.69, 9.17) is 9.94 Å². The summed E-state index contributed by atoms with van der Waals surface area (Å²) >= 11 is 0. The fourth-order valence-corrected chi connectivity index (χ4v) is 3.64. The highest BCUT2D eigenvalue weighted by Crippen LogP contribution is 2.15. The molecule has 0 aliphatic carbocycles. The maximum Gasteiger partial charge on any atom is 0.267 e. The Balaban J connectivity index is 1.56. The third-order valence-corrected chi connectivity index (χ3v) is 5.04. The number of carbonyl (C=O) groups excluding carboxylic acids is 2. The number of ketones is 1. The minimum absolute atomic E-state index is 0.0521. The van der Waals surface area contributed by atoms with E-state index in [-0.39, 0.29) is 18.0 Å². The van der Waals surface area contributed by atoms with Gasteiger partial charge < -0.3 is 4.74 Å². The molecule has 1 fully saturated rings. The van der Waals surface area contributed by atoms with E-state index >= 15 is 0 Å². The zero-order chi connectivity index (χ0) is 22.2. The Morgan fingerprint density at radius 2 is 1.52 bits per heavy atom. The predicted octanol–water partition coefficient (Wildman–Crippen LogP) is 3.71. The lowest BCUT2D eigenvalue weighted by Crippen LogP contribution is -2.44. The first kappa shape index (κ1) is 22.6. The van der Waals surface area contributed by atoms with Crippen molar-refractivity contribution >= 4 is 23.8 Å². The zero-order valence-electron chi connectivity index (χ0n) is 17.8. The molecule has 0 radical (unpaired) electrons. The van der Waals surface area contributed by atoms with Crippen molar-refractivity contribution in [3.8, 4) is 0 Å². The largest absolute Gasteiger partial charge is 0.373 e. The molecule has 2 aromatic rings. The second-order valence-electron chi connectivity index (χ2n) is 7.82. The van der Waals surface area contributed by atoms with Crippen molar-refractivity contribution in [2.45, 2.75) is 32.6 Å². The first-order valence-electron chi connectivity index (χ1n) is 10.3. The number of hydrogen-bond acceptors (Lipinski definition) is 5. The van der Waals surface area contributed by atoms with Gasteiger partial charge in [0, 0.05) is 31.3 Å². The lowest BCUT2D eigenvalue weighted by Gasteiger charge is -2.35. The van der Waals surface area contributed by atoms with Gasteiger partial charge >= 0.3 is 0 Å². The van der Waals surface area contributed by atoms with Crippen LogP contribution in [0.3, 0.4) is 0 Å². The van der Waals surface area contributed by atoms with Crippen LogP contribution in [-0.4, -0.2) is 47.1 Å². The normalized spacial score (nSPS) is 19.7. The van der Waals surface area contributed by atoms with Crippen LogP contribution in [0.15, 0.2) is 60.7 Å². The summed E-state index contributed by atoms with van der Waals surface area (Å²) in [7, 11) is 0. The number of benzene rings is 2. The van der Waals surface area contributed by atoms with Gasteiger partial charge in [0.05, 0.1) is 12.2 Å². The van der Waals surface area contributed by atoms with Crippen LogP contribution in [0.4, 0.5) is 0 Å². The Morgan fingerprint density at radius 3 is 2.06 bits per heavy atom. The molecule has 2 atom stereocenters. The summed E-state index contributed by atoms with van der Waals surface area (Å²) in [6, 6.07) is 15.1. The topological polar surface area (TPSA) is 78.9 Å². The van der Waals surface area contributed by atoms with Gasteiger partial charge in [-0.25, -0.2) is 5.48 Å². The number of nitrogens with one attached hydrogen (secondary N) is 1. The van der Waals surface area contributed by atoms with E-state index in [1.807, 2.05) is 48.5 Å². The van der Waals surface area contributed by atoms with Crippen molar-refractivity contribution < 1.29 is 19.5 Å². The summed E-state index contributed by atoms with van der Waals surface area (Å²) in [6.07, 6.45) is 6.62. The maximum absolute atomic E-state index is 12.5. The second-order valence-corrected chi connectivity index (χ2v) is 7.82. The molecule has 6 nitrogen and oxygen atoms in total. The lowest BCUT2D eigenvalue weighted by molar-refractivity contribution is -0.124. The van der Waals surface area contributed by atoms with Crippen molar-refractivity contribution in [2.75, 3.05) is 13.1 Å². The number of allylic oxidation sites excluding steroid dienone is 1. The average molecular weight is 421 g/mol. The van der Waals surface area contributed by atoms with Crippen LogP contribution in [0.25, 0.3) is 12.2 Å². The van der Waals surface area contributed by atoms with Crippen molar-refractivity contribution in [1.82, 2.24) is 10.4 Å². The summed E-state index contributed by atoms with van der Waals surface area (Å²) < 4.78 is 5.78. The highest BCUT2D eigenvalue weighted by atomic mass is 16.5. The summed E-state index contributed by atoms with van der Waals surface area (Å²) in [4.78, 5) is 25.9. The standard InChI is InChI=1S/C25H28N2O4/c1-18-15-27(16-19(2)31-18)17-22-7-11-23(12-8-22)24(28)13-9-20-3-5-21(6-4-20)10-14-25(29)26-30/h3-14,18-19,30H,15-17H2,1-2H3,(H,26,29)/t18-,19+. The van der Waals surface area contributed by atoms with Gasteiger partial charge in [0.15, 0.2) is 5.78 Å². The van der Waals surface area contributed by atoms with E-state index in [0.29, 0.717) is 5.56 Å². The summed E-state index contributed by atoms with van der Waals surface area (Å²) in [5.74, 6) is -0.640. The number of rotatable bonds is 7. The van der Waals surface area contributed by atoms with Gasteiger partial charge in [-0.2, -0.15) is 0 Å². The van der Waals surface area contributed by atoms with Gasteiger partial charge in [-0.3, -0.25) is 19.7 Å². The van der Waals surface area contributed by atoms with E-state index in [1.165, 1.54) is 11.6 Å². The van der Waals surface area contributed by atoms with Gasteiger partial charge in [-0.05, 0) is 42.7 Å². The first-order chi connectivity index (χ1) is 14.9. The van der Waals surface area contributed by atoms with E-state index < -0.39 is 5.91 Å². The molecule has 2 N–H and O–H groups in total. The highest BCUT2D eigenvalue weighted by molar-refractivity contribution is 6.06. The smallest absolute Gasteiger partial charge is 0.267 e. The van der Waals surface area contributed by atoms with Crippen molar-refractivity contribution in [2.24, 2.45) is 0 Å². The van der Waals surface area contributed by atoms with Gasteiger partial charge in [0.1, 0.15) is 0 Å². The SMILES string of the molecule is C[C@@H]1CN(Cc2ccc(C(=O)C=Cc3ccc(C=CC(=O)NO)cc3)cc2)C[C@H](C)O1. The highest BCUT2D eigenvalue weighted by Gasteiger charge is 2.21. The number of nitrogens with zero attached hydrogens (tertiary/aromatic N) is 1. The second kappa shape index (κ2) is 10.8. The van der Waals surface area contributed by atoms with Gasteiger partial charge in [0.2, 0.25) is 0 Å². The molecule has 1 saturated heterocycles. The molecule has 1 aliphatic heterocycles. The quantitative estimate of drug-likeness (QED) is 0.309. The Bertz CT molecular complexity index is 938. The van der Waals surface area contributed by atoms with Crippen LogP contribution >= 0.6 is 0 Å². The van der Waals surface area contributed by atoms with Crippen molar-refractivity contribution in [3.63, 3.8) is 0 Å². The Labute approximate surface area is 182 Å². The number of amides is 1. The number of hydrogen-bond donors (Lipinski definition) is 2. The average Bonchev–Trinajstić information content (AvgIpc) is 2.76. The lowest BCUT2D eigenvalue weighted by atomic mass is 10.1. The molecule has 3 rings (SSSR count). The zero-order valence-corrected chi connectivity index (χ0v) is 17.8. The molecule has 2 aromatic carbocycles. The molecule has 1 heterocycles. The van der Waals surface area contributed by atoms with Crippen LogP contribution in [0, 0.1) is 0 Å². The van der Waals surface area contributed by atoms with Gasteiger partial charge in [0.25, 0.3) is 5.91 Å². The van der Waals surface area contributed by atoms with Gasteiger partial charge in [-0.15, -0.1) is 0 Å². The van der Waals surface area contributed by atoms with Crippen LogP contribution in [-0.2, 0) is 16.1 Å². The summed E-state index contributed by atoms with van der Waals surface area (Å²) in [6.45, 7) is 6.87. The number of morpholine rings is 1. The van der Waals surface area contributed by atoms with Crippen molar-refractivity contribution in [1.29, 1.82) is 0 Å². The third kappa shape index (κ3) is 7.00. The van der Waals surface area contributed by atoms with E-state index in [1.54, 1.807) is 23.7 Å². The molecule has 1 aliphatic rings. The van der Waals surface area contributed by atoms with Crippen LogP contribution in [0.1, 0.15) is 40.9 Å². The summed E-state index contributed by atoms with van der Waals surface area (Å²) in [5.41, 5.74) is 5.06. The van der Waals surface area contributed by atoms with E-state index in [2.05, 4.69) is 18.7 Å². The predicted molar refractivity (Wildman–Crippen MR) is 120 cm³/mol. The Morgan fingerprint density at radius 1 is 0.968 bits per heavy atom. The molecule has 31 heavy (non-hydrogen) atoms. The molecule has 0 spiro atoms. The number of hydroxylamine groups is 1. The van der Waals surface area contributed by atoms with Crippen LogP contribution in [0.2, 0.25) is 0 Å². The maximum atomic E-state index is 12.5.